The molecular weight excluding hydrogens is 277 g/mol. The topological polar surface area (TPSA) is 66.8 Å². The summed E-state index contributed by atoms with van der Waals surface area (Å²) in [5, 5.41) is 9.06. The van der Waals surface area contributed by atoms with Crippen LogP contribution in [-0.4, -0.2) is 42.3 Å². The summed E-state index contributed by atoms with van der Waals surface area (Å²) in [5.74, 6) is -1.63. The van der Waals surface area contributed by atoms with Crippen LogP contribution in [0.5, 0.6) is 0 Å². The zero-order chi connectivity index (χ0) is 15.6. The molecule has 0 spiro atoms. The van der Waals surface area contributed by atoms with E-state index < -0.39 is 18.0 Å². The van der Waals surface area contributed by atoms with Gasteiger partial charge in [-0.05, 0) is 30.5 Å². The molecule has 2 unspecified atom stereocenters. The standard InChI is InChI=1S/C15H18FNO4/c1-9-3-4-10(7-13(9)16)11-5-6-17(15(19)20)8-12(11)14(18)21-2/h3-4,7,11-12H,5-6,8H2,1-2H3,(H,19,20). The first-order valence-corrected chi connectivity index (χ1v) is 6.75. The largest absolute Gasteiger partial charge is 0.469 e. The van der Waals surface area contributed by atoms with Crippen molar-refractivity contribution in [1.82, 2.24) is 4.90 Å². The van der Waals surface area contributed by atoms with Crippen LogP contribution >= 0.6 is 0 Å². The van der Waals surface area contributed by atoms with Gasteiger partial charge in [0.15, 0.2) is 0 Å². The van der Waals surface area contributed by atoms with E-state index in [1.807, 2.05) is 0 Å². The number of likely N-dealkylation sites (tertiary alicyclic amines) is 1. The number of aryl methyl sites for hydroxylation is 1. The van der Waals surface area contributed by atoms with E-state index in [0.29, 0.717) is 24.1 Å². The lowest BCUT2D eigenvalue weighted by Crippen LogP contribution is -2.45. The van der Waals surface area contributed by atoms with E-state index in [4.69, 9.17) is 9.84 Å². The van der Waals surface area contributed by atoms with Gasteiger partial charge in [0.2, 0.25) is 0 Å². The summed E-state index contributed by atoms with van der Waals surface area (Å²) >= 11 is 0. The van der Waals surface area contributed by atoms with Crippen molar-refractivity contribution in [2.24, 2.45) is 5.92 Å². The van der Waals surface area contributed by atoms with Gasteiger partial charge in [-0.15, -0.1) is 0 Å². The molecule has 0 radical (unpaired) electrons. The number of methoxy groups -OCH3 is 1. The fraction of sp³-hybridized carbons (Fsp3) is 0.467. The number of carbonyl (C=O) groups excluding carboxylic acids is 1. The molecule has 1 aromatic rings. The van der Waals surface area contributed by atoms with Crippen LogP contribution in [0.4, 0.5) is 9.18 Å². The Morgan fingerprint density at radius 2 is 2.14 bits per heavy atom. The maximum Gasteiger partial charge on any atom is 0.407 e. The summed E-state index contributed by atoms with van der Waals surface area (Å²) in [6.45, 7) is 2.06. The SMILES string of the molecule is COC(=O)C1CN(C(=O)O)CCC1c1ccc(C)c(F)c1. The van der Waals surface area contributed by atoms with Gasteiger partial charge in [0.05, 0.1) is 13.0 Å². The van der Waals surface area contributed by atoms with Crippen LogP contribution in [0.15, 0.2) is 18.2 Å². The molecule has 0 saturated carbocycles. The third-order valence-corrected chi connectivity index (χ3v) is 4.01. The molecule has 6 heteroatoms. The van der Waals surface area contributed by atoms with E-state index in [-0.39, 0.29) is 18.3 Å². The van der Waals surface area contributed by atoms with Gasteiger partial charge < -0.3 is 14.7 Å². The minimum Gasteiger partial charge on any atom is -0.469 e. The van der Waals surface area contributed by atoms with Crippen molar-refractivity contribution < 1.29 is 23.8 Å². The highest BCUT2D eigenvalue weighted by Crippen LogP contribution is 2.34. The fourth-order valence-electron chi connectivity index (χ4n) is 2.75. The van der Waals surface area contributed by atoms with Gasteiger partial charge in [0.1, 0.15) is 5.82 Å². The Balaban J connectivity index is 2.29. The predicted molar refractivity (Wildman–Crippen MR) is 73.6 cm³/mol. The van der Waals surface area contributed by atoms with Gasteiger partial charge in [0.25, 0.3) is 0 Å². The van der Waals surface area contributed by atoms with Crippen LogP contribution in [0.3, 0.4) is 0 Å². The summed E-state index contributed by atoms with van der Waals surface area (Å²) in [5.41, 5.74) is 1.25. The highest BCUT2D eigenvalue weighted by Gasteiger charge is 2.37. The highest BCUT2D eigenvalue weighted by atomic mass is 19.1. The Morgan fingerprint density at radius 1 is 1.43 bits per heavy atom. The quantitative estimate of drug-likeness (QED) is 0.851. The van der Waals surface area contributed by atoms with E-state index in [1.165, 1.54) is 18.1 Å². The third kappa shape index (κ3) is 3.15. The van der Waals surface area contributed by atoms with Crippen LogP contribution in [0, 0.1) is 18.7 Å². The first-order chi connectivity index (χ1) is 9.93. The number of esters is 1. The van der Waals surface area contributed by atoms with E-state index in [1.54, 1.807) is 19.1 Å². The number of carboxylic acid groups (broad SMARTS) is 1. The van der Waals surface area contributed by atoms with Gasteiger partial charge in [-0.1, -0.05) is 12.1 Å². The van der Waals surface area contributed by atoms with Crippen LogP contribution in [0.2, 0.25) is 0 Å². The highest BCUT2D eigenvalue weighted by molar-refractivity contribution is 5.75. The molecule has 2 atom stereocenters. The smallest absolute Gasteiger partial charge is 0.407 e. The number of hydrogen-bond acceptors (Lipinski definition) is 3. The minimum absolute atomic E-state index is 0.0716. The van der Waals surface area contributed by atoms with E-state index in [2.05, 4.69) is 0 Å². The van der Waals surface area contributed by atoms with Crippen molar-refractivity contribution in [3.05, 3.63) is 35.1 Å². The maximum atomic E-state index is 13.7. The molecule has 1 aliphatic rings. The summed E-state index contributed by atoms with van der Waals surface area (Å²) < 4.78 is 18.5. The zero-order valence-corrected chi connectivity index (χ0v) is 12.0. The lowest BCUT2D eigenvalue weighted by Gasteiger charge is -2.36. The Hall–Kier alpha value is -2.11. The number of hydrogen-bond donors (Lipinski definition) is 1. The molecule has 0 bridgehead atoms. The Kier molecular flexibility index (Phi) is 4.45. The lowest BCUT2D eigenvalue weighted by molar-refractivity contribution is -0.147. The molecule has 1 aliphatic heterocycles. The molecule has 5 nitrogen and oxygen atoms in total. The van der Waals surface area contributed by atoms with Crippen molar-refractivity contribution >= 4 is 12.1 Å². The second-order valence-electron chi connectivity index (χ2n) is 5.26. The number of halogens is 1. The average Bonchev–Trinajstić information content (AvgIpc) is 2.48. The molecular formula is C15H18FNO4. The monoisotopic (exact) mass is 295 g/mol. The summed E-state index contributed by atoms with van der Waals surface area (Å²) in [6, 6.07) is 4.88. The normalized spacial score (nSPS) is 22.0. The number of carbonyl (C=O) groups is 2. The van der Waals surface area contributed by atoms with Crippen LogP contribution in [-0.2, 0) is 9.53 Å². The van der Waals surface area contributed by atoms with Crippen LogP contribution in [0.25, 0.3) is 0 Å². The number of nitrogens with zero attached hydrogens (tertiary/aromatic N) is 1. The first kappa shape index (κ1) is 15.3. The molecule has 1 heterocycles. The summed E-state index contributed by atoms with van der Waals surface area (Å²) in [4.78, 5) is 24.2. The van der Waals surface area contributed by atoms with Gasteiger partial charge in [0, 0.05) is 19.0 Å². The van der Waals surface area contributed by atoms with Gasteiger partial charge in [-0.25, -0.2) is 9.18 Å². The predicted octanol–water partition coefficient (Wildman–Crippen LogP) is 2.39. The van der Waals surface area contributed by atoms with Crippen molar-refractivity contribution in [1.29, 1.82) is 0 Å². The number of rotatable bonds is 2. The molecule has 1 amide bonds. The molecule has 21 heavy (non-hydrogen) atoms. The molecule has 1 fully saturated rings. The molecule has 1 N–H and O–H groups in total. The molecule has 0 aliphatic carbocycles. The summed E-state index contributed by atoms with van der Waals surface area (Å²) in [6.07, 6.45) is -0.591. The van der Waals surface area contributed by atoms with Crippen molar-refractivity contribution in [2.75, 3.05) is 20.2 Å². The van der Waals surface area contributed by atoms with Crippen molar-refractivity contribution in [3.8, 4) is 0 Å². The molecule has 114 valence electrons. The number of piperidine rings is 1. The van der Waals surface area contributed by atoms with Crippen molar-refractivity contribution in [2.45, 2.75) is 19.3 Å². The number of amides is 1. The van der Waals surface area contributed by atoms with E-state index in [9.17, 15) is 14.0 Å². The second-order valence-corrected chi connectivity index (χ2v) is 5.26. The van der Waals surface area contributed by atoms with E-state index >= 15 is 0 Å². The number of ether oxygens (including phenoxy) is 1. The Bertz CT molecular complexity index is 561. The molecule has 1 saturated heterocycles. The van der Waals surface area contributed by atoms with Crippen LogP contribution < -0.4 is 0 Å². The van der Waals surface area contributed by atoms with Gasteiger partial charge in [-0.2, -0.15) is 0 Å². The van der Waals surface area contributed by atoms with E-state index in [0.717, 1.165) is 0 Å². The zero-order valence-electron chi connectivity index (χ0n) is 12.0. The van der Waals surface area contributed by atoms with Crippen molar-refractivity contribution in [3.63, 3.8) is 0 Å². The Labute approximate surface area is 122 Å². The first-order valence-electron chi connectivity index (χ1n) is 6.75. The average molecular weight is 295 g/mol. The molecule has 0 aromatic heterocycles. The molecule has 2 rings (SSSR count). The fourth-order valence-corrected chi connectivity index (χ4v) is 2.75. The summed E-state index contributed by atoms with van der Waals surface area (Å²) in [7, 11) is 1.27. The van der Waals surface area contributed by atoms with Gasteiger partial charge in [-0.3, -0.25) is 4.79 Å². The van der Waals surface area contributed by atoms with Gasteiger partial charge >= 0.3 is 12.1 Å². The number of benzene rings is 1. The lowest BCUT2D eigenvalue weighted by atomic mass is 9.80. The minimum atomic E-state index is -1.06. The van der Waals surface area contributed by atoms with Crippen LogP contribution in [0.1, 0.15) is 23.5 Å². The molecule has 1 aromatic carbocycles. The maximum absolute atomic E-state index is 13.7. The third-order valence-electron chi connectivity index (χ3n) is 4.01. The second kappa shape index (κ2) is 6.11. The Morgan fingerprint density at radius 3 is 2.71 bits per heavy atom.